The van der Waals surface area contributed by atoms with E-state index in [-0.39, 0.29) is 5.41 Å². The lowest BCUT2D eigenvalue weighted by atomic mass is 9.80. The minimum Gasteiger partial charge on any atom is -0.0622 e. The highest BCUT2D eigenvalue weighted by atomic mass is 14.4. The Balaban J connectivity index is 1.20. The molecule has 1 aliphatic rings. The molecule has 0 spiro atoms. The van der Waals surface area contributed by atoms with E-state index in [1.54, 1.807) is 0 Å². The van der Waals surface area contributed by atoms with Crippen molar-refractivity contribution in [2.45, 2.75) is 19.3 Å². The highest BCUT2D eigenvalue weighted by Crippen LogP contribution is 2.51. The largest absolute Gasteiger partial charge is 0.0622 e. The minimum absolute atomic E-state index is 0.0602. The van der Waals surface area contributed by atoms with Gasteiger partial charge < -0.3 is 0 Å². The van der Waals surface area contributed by atoms with Gasteiger partial charge >= 0.3 is 0 Å². The Morgan fingerprint density at radius 2 is 0.804 bits per heavy atom. The maximum Gasteiger partial charge on any atom is 0.0159 e. The monoisotopic (exact) mass is 648 g/mol. The number of hydrogen-bond donors (Lipinski definition) is 0. The Bertz CT molecular complexity index is 2760. The van der Waals surface area contributed by atoms with Gasteiger partial charge in [0.2, 0.25) is 0 Å². The molecule has 0 saturated heterocycles. The molecule has 0 saturated carbocycles. The lowest BCUT2D eigenvalue weighted by Gasteiger charge is -2.23. The molecule has 9 aromatic rings. The summed E-state index contributed by atoms with van der Waals surface area (Å²) in [6, 6.07) is 67.4. The molecule has 0 aliphatic heterocycles. The van der Waals surface area contributed by atoms with Gasteiger partial charge in [0, 0.05) is 5.41 Å². The molecule has 0 heterocycles. The van der Waals surface area contributed by atoms with Crippen molar-refractivity contribution < 1.29 is 0 Å². The molecular formula is C51H36. The Morgan fingerprint density at radius 3 is 1.51 bits per heavy atom. The fraction of sp³-hybridized carbons (Fsp3) is 0.0588. The van der Waals surface area contributed by atoms with E-state index in [0.29, 0.717) is 0 Å². The van der Waals surface area contributed by atoms with E-state index in [0.717, 1.165) is 0 Å². The second kappa shape index (κ2) is 11.4. The molecule has 0 nitrogen and oxygen atoms in total. The predicted molar refractivity (Wildman–Crippen MR) is 218 cm³/mol. The van der Waals surface area contributed by atoms with Gasteiger partial charge in [-0.15, -0.1) is 0 Å². The van der Waals surface area contributed by atoms with E-state index in [2.05, 4.69) is 196 Å². The number of rotatable bonds is 4. The van der Waals surface area contributed by atoms with E-state index in [1.165, 1.54) is 99.1 Å². The van der Waals surface area contributed by atoms with Crippen LogP contribution >= 0.6 is 0 Å². The summed E-state index contributed by atoms with van der Waals surface area (Å²) < 4.78 is 0. The highest BCUT2D eigenvalue weighted by molar-refractivity contribution is 6.21. The first-order chi connectivity index (χ1) is 25.1. The molecule has 0 N–H and O–H groups in total. The Hall–Kier alpha value is -6.24. The third kappa shape index (κ3) is 4.53. The summed E-state index contributed by atoms with van der Waals surface area (Å²) in [5, 5.41) is 7.62. The van der Waals surface area contributed by atoms with Crippen LogP contribution in [0, 0.1) is 0 Å². The zero-order valence-electron chi connectivity index (χ0n) is 28.8. The van der Waals surface area contributed by atoms with Gasteiger partial charge in [0.1, 0.15) is 0 Å². The van der Waals surface area contributed by atoms with E-state index >= 15 is 0 Å². The molecule has 240 valence electrons. The van der Waals surface area contributed by atoms with Crippen LogP contribution in [0.3, 0.4) is 0 Å². The molecule has 1 aliphatic carbocycles. The third-order valence-corrected chi connectivity index (χ3v) is 11.3. The zero-order valence-corrected chi connectivity index (χ0v) is 28.8. The molecule has 0 aromatic heterocycles. The summed E-state index contributed by atoms with van der Waals surface area (Å²) in [5.41, 5.74) is 15.5. The van der Waals surface area contributed by atoms with Crippen molar-refractivity contribution in [3.05, 3.63) is 193 Å². The summed E-state index contributed by atoms with van der Waals surface area (Å²) in [6.07, 6.45) is 0. The maximum atomic E-state index is 2.47. The SMILES string of the molecule is CC1(C)c2ccccc2-c2ccc(-c3c4ccccc4c(-c4cccc(-c5ccc6ccccc6c5-c5ccccc5)c4)c4ccccc34)cc21. The normalized spacial score (nSPS) is 13.1. The van der Waals surface area contributed by atoms with Gasteiger partial charge in [0.05, 0.1) is 0 Å². The quantitative estimate of drug-likeness (QED) is 0.167. The first-order valence-electron chi connectivity index (χ1n) is 17.9. The summed E-state index contributed by atoms with van der Waals surface area (Å²) in [6.45, 7) is 4.74. The van der Waals surface area contributed by atoms with Crippen LogP contribution in [0.4, 0.5) is 0 Å². The fourth-order valence-electron chi connectivity index (χ4n) is 8.88. The molecule has 0 fully saturated rings. The van der Waals surface area contributed by atoms with Crippen molar-refractivity contribution in [3.8, 4) is 55.6 Å². The summed E-state index contributed by atoms with van der Waals surface area (Å²) >= 11 is 0. The first-order valence-corrected chi connectivity index (χ1v) is 17.9. The smallest absolute Gasteiger partial charge is 0.0159 e. The maximum absolute atomic E-state index is 2.47. The lowest BCUT2D eigenvalue weighted by Crippen LogP contribution is -2.14. The fourth-order valence-corrected chi connectivity index (χ4v) is 8.88. The molecule has 0 atom stereocenters. The molecular weight excluding hydrogens is 613 g/mol. The molecule has 0 unspecified atom stereocenters. The molecule has 51 heavy (non-hydrogen) atoms. The van der Waals surface area contributed by atoms with E-state index in [4.69, 9.17) is 0 Å². The van der Waals surface area contributed by atoms with E-state index in [9.17, 15) is 0 Å². The van der Waals surface area contributed by atoms with Gasteiger partial charge in [-0.2, -0.15) is 0 Å². The highest BCUT2D eigenvalue weighted by Gasteiger charge is 2.35. The average molecular weight is 649 g/mol. The molecule has 0 radical (unpaired) electrons. The van der Waals surface area contributed by atoms with Gasteiger partial charge in [-0.05, 0) is 111 Å². The molecule has 9 aromatic carbocycles. The summed E-state index contributed by atoms with van der Waals surface area (Å²) in [5.74, 6) is 0. The third-order valence-electron chi connectivity index (χ3n) is 11.3. The van der Waals surface area contributed by atoms with E-state index < -0.39 is 0 Å². The van der Waals surface area contributed by atoms with Crippen LogP contribution in [0.25, 0.3) is 88.0 Å². The lowest BCUT2D eigenvalue weighted by molar-refractivity contribution is 0.660. The Kier molecular flexibility index (Phi) is 6.63. The van der Waals surface area contributed by atoms with Gasteiger partial charge in [0.25, 0.3) is 0 Å². The number of fused-ring (bicyclic) bond motifs is 6. The van der Waals surface area contributed by atoms with Gasteiger partial charge in [-0.25, -0.2) is 0 Å². The van der Waals surface area contributed by atoms with Crippen molar-refractivity contribution in [2.24, 2.45) is 0 Å². The van der Waals surface area contributed by atoms with Crippen LogP contribution in [0.15, 0.2) is 182 Å². The molecule has 0 bridgehead atoms. The Morgan fingerprint density at radius 1 is 0.294 bits per heavy atom. The van der Waals surface area contributed by atoms with Crippen LogP contribution in [0.2, 0.25) is 0 Å². The van der Waals surface area contributed by atoms with Gasteiger partial charge in [-0.3, -0.25) is 0 Å². The van der Waals surface area contributed by atoms with Crippen molar-refractivity contribution in [1.82, 2.24) is 0 Å². The van der Waals surface area contributed by atoms with Gasteiger partial charge in [-0.1, -0.05) is 184 Å². The first kappa shape index (κ1) is 29.7. The summed E-state index contributed by atoms with van der Waals surface area (Å²) in [7, 11) is 0. The van der Waals surface area contributed by atoms with E-state index in [1.807, 2.05) is 0 Å². The zero-order chi connectivity index (χ0) is 34.1. The van der Waals surface area contributed by atoms with Crippen molar-refractivity contribution >= 4 is 32.3 Å². The number of hydrogen-bond acceptors (Lipinski definition) is 0. The Labute approximate surface area is 299 Å². The van der Waals surface area contributed by atoms with Crippen LogP contribution < -0.4 is 0 Å². The second-order valence-corrected chi connectivity index (χ2v) is 14.4. The molecule has 0 heteroatoms. The standard InChI is InChI=1S/C51H36/c1-51(2)46-26-13-12-21-40(46)41-30-28-37(32-47(41)51)50-44-24-10-8-22-42(44)49(43-23-9-11-25-45(43)50)36-19-14-18-35(31-36)39-29-27-33-15-6-7-20-38(33)48(39)34-16-4-3-5-17-34/h3-32H,1-2H3. The topological polar surface area (TPSA) is 0 Å². The molecule has 10 rings (SSSR count). The van der Waals surface area contributed by atoms with Crippen LogP contribution in [0.1, 0.15) is 25.0 Å². The average Bonchev–Trinajstić information content (AvgIpc) is 3.42. The van der Waals surface area contributed by atoms with Crippen molar-refractivity contribution in [3.63, 3.8) is 0 Å². The van der Waals surface area contributed by atoms with Crippen molar-refractivity contribution in [1.29, 1.82) is 0 Å². The van der Waals surface area contributed by atoms with Crippen LogP contribution in [0.5, 0.6) is 0 Å². The van der Waals surface area contributed by atoms with Gasteiger partial charge in [0.15, 0.2) is 0 Å². The second-order valence-electron chi connectivity index (χ2n) is 14.4. The minimum atomic E-state index is -0.0602. The van der Waals surface area contributed by atoms with Crippen LogP contribution in [-0.2, 0) is 5.41 Å². The van der Waals surface area contributed by atoms with Crippen molar-refractivity contribution in [2.75, 3.05) is 0 Å². The number of benzene rings is 9. The molecule has 0 amide bonds. The predicted octanol–water partition coefficient (Wildman–Crippen LogP) is 14.1. The summed E-state index contributed by atoms with van der Waals surface area (Å²) in [4.78, 5) is 0. The van der Waals surface area contributed by atoms with Crippen LogP contribution in [-0.4, -0.2) is 0 Å².